The van der Waals surface area contributed by atoms with Crippen LogP contribution in [0.2, 0.25) is 0 Å². The van der Waals surface area contributed by atoms with Crippen LogP contribution in [0.25, 0.3) is 0 Å². The lowest BCUT2D eigenvalue weighted by Gasteiger charge is -2.49. The minimum atomic E-state index is -2.01. The molecular formula is C40H71NO14. The van der Waals surface area contributed by atoms with Gasteiger partial charge in [0.2, 0.25) is 0 Å². The number of esters is 2. The Bertz CT molecular complexity index is 1290. The molecule has 0 amide bonds. The van der Waals surface area contributed by atoms with Crippen molar-refractivity contribution in [3.63, 3.8) is 0 Å². The van der Waals surface area contributed by atoms with E-state index in [0.29, 0.717) is 6.42 Å². The van der Waals surface area contributed by atoms with Crippen LogP contribution in [0.1, 0.15) is 108 Å². The Hall–Kier alpha value is -1.79. The summed E-state index contributed by atoms with van der Waals surface area (Å²) in [6, 6.07) is -0.319. The normalized spacial score (nSPS) is 46.9. The van der Waals surface area contributed by atoms with Gasteiger partial charge in [0.1, 0.15) is 23.6 Å². The van der Waals surface area contributed by atoms with Gasteiger partial charge in [0, 0.05) is 37.7 Å². The number of methoxy groups -OCH3 is 1. The first-order chi connectivity index (χ1) is 25.4. The van der Waals surface area contributed by atoms with E-state index in [1.165, 1.54) is 27.9 Å². The number of ketones is 1. The summed E-state index contributed by atoms with van der Waals surface area (Å²) in [7, 11) is 5.21. The zero-order chi connectivity index (χ0) is 42.0. The van der Waals surface area contributed by atoms with Crippen molar-refractivity contribution in [2.24, 2.45) is 23.7 Å². The van der Waals surface area contributed by atoms with Crippen molar-refractivity contribution in [1.29, 1.82) is 0 Å². The van der Waals surface area contributed by atoms with Gasteiger partial charge >= 0.3 is 11.9 Å². The summed E-state index contributed by atoms with van der Waals surface area (Å²) in [5.41, 5.74) is -4.92. The van der Waals surface area contributed by atoms with Gasteiger partial charge < -0.3 is 58.5 Å². The van der Waals surface area contributed by atoms with Crippen molar-refractivity contribution in [2.75, 3.05) is 21.2 Å². The van der Waals surface area contributed by atoms with Crippen LogP contribution in [-0.2, 0) is 47.5 Å². The second-order valence-corrected chi connectivity index (χ2v) is 17.3. The molecule has 15 heteroatoms. The third-order valence-electron chi connectivity index (χ3n) is 12.4. The molecule has 4 N–H and O–H groups in total. The highest BCUT2D eigenvalue weighted by Crippen LogP contribution is 2.41. The Balaban J connectivity index is 2.24. The minimum absolute atomic E-state index is 0.0760. The number of rotatable bonds is 9. The van der Waals surface area contributed by atoms with Crippen molar-refractivity contribution < 1.29 is 68.0 Å². The van der Waals surface area contributed by atoms with Crippen molar-refractivity contribution in [2.45, 2.75) is 193 Å². The van der Waals surface area contributed by atoms with Crippen molar-refractivity contribution in [1.82, 2.24) is 4.90 Å². The Morgan fingerprint density at radius 3 is 2.05 bits per heavy atom. The van der Waals surface area contributed by atoms with Crippen LogP contribution in [0.4, 0.5) is 0 Å². The number of Topliss-reactive ketones (excluding diaryl/α,β-unsaturated/α-hetero) is 1. The molecule has 0 aromatic heterocycles. The Morgan fingerprint density at radius 1 is 0.891 bits per heavy atom. The summed E-state index contributed by atoms with van der Waals surface area (Å²) in [5.74, 6) is -5.59. The summed E-state index contributed by atoms with van der Waals surface area (Å²) in [6.07, 6.45) is -9.68. The highest BCUT2D eigenvalue weighted by molar-refractivity contribution is 5.83. The van der Waals surface area contributed by atoms with E-state index < -0.39 is 114 Å². The first-order valence-electron chi connectivity index (χ1n) is 19.9. The number of hydrogen-bond donors (Lipinski definition) is 4. The predicted molar refractivity (Wildman–Crippen MR) is 200 cm³/mol. The number of ether oxygens (including phenoxy) is 7. The van der Waals surface area contributed by atoms with Crippen molar-refractivity contribution >= 4 is 17.7 Å². The lowest BCUT2D eigenvalue weighted by molar-refractivity contribution is -0.319. The molecule has 0 aromatic rings. The molecule has 3 aliphatic heterocycles. The number of aliphatic hydroxyl groups excluding tert-OH is 2. The number of aliphatic hydroxyl groups is 4. The molecule has 3 saturated heterocycles. The van der Waals surface area contributed by atoms with Crippen LogP contribution in [0, 0.1) is 23.7 Å². The molecule has 0 saturated carbocycles. The van der Waals surface area contributed by atoms with Gasteiger partial charge in [-0.1, -0.05) is 34.6 Å². The third kappa shape index (κ3) is 10.6. The largest absolute Gasteiger partial charge is 0.459 e. The molecule has 0 radical (unpaired) electrons. The van der Waals surface area contributed by atoms with E-state index in [2.05, 4.69) is 0 Å². The second kappa shape index (κ2) is 18.9. The van der Waals surface area contributed by atoms with Gasteiger partial charge in [-0.25, -0.2) is 0 Å². The number of cyclic esters (lactones) is 1. The van der Waals surface area contributed by atoms with E-state index in [-0.39, 0.29) is 37.8 Å². The molecular weight excluding hydrogens is 718 g/mol. The van der Waals surface area contributed by atoms with Crippen LogP contribution < -0.4 is 0 Å². The Labute approximate surface area is 327 Å². The lowest BCUT2D eigenvalue weighted by atomic mass is 9.74. The predicted octanol–water partition coefficient (Wildman–Crippen LogP) is 2.75. The number of likely N-dealkylation sites (N-methyl/N-ethyl adjacent to an activating group) is 1. The average molecular weight is 790 g/mol. The molecule has 0 unspecified atom stereocenters. The van der Waals surface area contributed by atoms with Gasteiger partial charge in [-0.15, -0.1) is 0 Å². The maximum Gasteiger partial charge on any atom is 0.311 e. The first-order valence-corrected chi connectivity index (χ1v) is 19.9. The monoisotopic (exact) mass is 789 g/mol. The van der Waals surface area contributed by atoms with Crippen LogP contribution in [0.15, 0.2) is 0 Å². The topological polar surface area (TPSA) is 200 Å². The van der Waals surface area contributed by atoms with Crippen LogP contribution >= 0.6 is 0 Å². The minimum Gasteiger partial charge on any atom is -0.459 e. The molecule has 0 aromatic carbocycles. The smallest absolute Gasteiger partial charge is 0.311 e. The third-order valence-corrected chi connectivity index (χ3v) is 12.4. The van der Waals surface area contributed by atoms with Crippen LogP contribution in [-0.4, -0.2) is 149 Å². The molecule has 3 rings (SSSR count). The molecule has 18 atom stereocenters. The summed E-state index contributed by atoms with van der Waals surface area (Å²) < 4.78 is 43.6. The van der Waals surface area contributed by atoms with Gasteiger partial charge in [0.25, 0.3) is 0 Å². The fraction of sp³-hybridized carbons (Fsp3) is 0.925. The van der Waals surface area contributed by atoms with Crippen LogP contribution in [0.5, 0.6) is 0 Å². The highest BCUT2D eigenvalue weighted by atomic mass is 16.7. The van der Waals surface area contributed by atoms with Gasteiger partial charge in [0.05, 0.1) is 53.7 Å². The lowest BCUT2D eigenvalue weighted by Crippen LogP contribution is -2.61. The molecule has 320 valence electrons. The zero-order valence-corrected chi connectivity index (χ0v) is 35.5. The van der Waals surface area contributed by atoms with E-state index in [4.69, 9.17) is 33.2 Å². The molecule has 3 fully saturated rings. The van der Waals surface area contributed by atoms with E-state index in [1.807, 2.05) is 25.9 Å². The average Bonchev–Trinajstić information content (AvgIpc) is 3.11. The van der Waals surface area contributed by atoms with Gasteiger partial charge in [0.15, 0.2) is 18.7 Å². The fourth-order valence-electron chi connectivity index (χ4n) is 8.76. The maximum atomic E-state index is 14.2. The molecule has 0 spiro atoms. The quantitative estimate of drug-likeness (QED) is 0.249. The summed E-state index contributed by atoms with van der Waals surface area (Å²) in [4.78, 5) is 42.9. The van der Waals surface area contributed by atoms with E-state index in [0.717, 1.165) is 0 Å². The maximum absolute atomic E-state index is 14.2. The van der Waals surface area contributed by atoms with Gasteiger partial charge in [-0.2, -0.15) is 0 Å². The molecule has 3 heterocycles. The van der Waals surface area contributed by atoms with E-state index >= 15 is 0 Å². The van der Waals surface area contributed by atoms with Crippen molar-refractivity contribution in [3.8, 4) is 0 Å². The molecule has 15 nitrogen and oxygen atoms in total. The first kappa shape index (κ1) is 47.6. The van der Waals surface area contributed by atoms with Gasteiger partial charge in [-0.3, -0.25) is 14.4 Å². The fourth-order valence-corrected chi connectivity index (χ4v) is 8.76. The van der Waals surface area contributed by atoms with E-state index in [9.17, 15) is 34.8 Å². The van der Waals surface area contributed by atoms with E-state index in [1.54, 1.807) is 48.5 Å². The molecule has 55 heavy (non-hydrogen) atoms. The number of nitrogens with zero attached hydrogens (tertiary/aromatic N) is 1. The number of carbonyl (C=O) groups excluding carboxylic acids is 3. The summed E-state index contributed by atoms with van der Waals surface area (Å²) >= 11 is 0. The summed E-state index contributed by atoms with van der Waals surface area (Å²) in [5, 5.41) is 46.6. The standard InChI is InChI=1S/C40H71NO14/c1-15-27-40(11,48)33(44)22(5)30(43)20(3)18-38(9,47)35(55-37-32(53-28(42)16-2)26(41(12)13)17-21(4)50-37)23(6)31(24(7)36(46)52-27)54-29-19-39(10,49-14)34(45)25(8)51-29/h20-27,29,31-35,37,44-45,47-48H,15-19H2,1-14H3/t20-,21+,22-,23-,24+,25+,26+,27-,29-,31+,32+,33-,34-,35-,37+,38+,39+,40+/m1/s1. The molecule has 3 aliphatic rings. The Morgan fingerprint density at radius 2 is 1.51 bits per heavy atom. The zero-order valence-electron chi connectivity index (χ0n) is 35.5. The second-order valence-electron chi connectivity index (χ2n) is 17.3. The Kier molecular flexibility index (Phi) is 16.3. The number of hydrogen-bond acceptors (Lipinski definition) is 15. The van der Waals surface area contributed by atoms with Crippen LogP contribution in [0.3, 0.4) is 0 Å². The van der Waals surface area contributed by atoms with Gasteiger partial charge in [-0.05, 0) is 74.9 Å². The van der Waals surface area contributed by atoms with Crippen molar-refractivity contribution in [3.05, 3.63) is 0 Å². The molecule has 0 aliphatic carbocycles. The number of carbonyl (C=O) groups is 3. The highest BCUT2D eigenvalue weighted by Gasteiger charge is 2.54. The molecule has 0 bridgehead atoms. The summed E-state index contributed by atoms with van der Waals surface area (Å²) in [6.45, 7) is 18.0. The SMILES string of the molecule is CCC(=O)O[C@@H]1[C@H](O[C@@H]2[C@H](C)[C@H](O[C@@H]3C[C@](C)(OC)[C@H](O)[C@H](C)O3)[C@H](C)C(=O)O[C@H](CC)[C@](C)(O)[C@H](O)[C@H](C)C(=O)[C@H](C)C[C@]2(C)O)O[C@@H](C)C[C@@H]1N(C)C.